The van der Waals surface area contributed by atoms with Crippen LogP contribution in [0.1, 0.15) is 32.0 Å². The summed E-state index contributed by atoms with van der Waals surface area (Å²) in [6.07, 6.45) is 1.74. The minimum atomic E-state index is -0.852. The van der Waals surface area contributed by atoms with E-state index in [4.69, 9.17) is 0 Å². The van der Waals surface area contributed by atoms with E-state index in [2.05, 4.69) is 24.1 Å². The first kappa shape index (κ1) is 13.1. The summed E-state index contributed by atoms with van der Waals surface area (Å²) < 4.78 is 0. The van der Waals surface area contributed by atoms with Gasteiger partial charge in [-0.05, 0) is 32.4 Å². The molecule has 3 heteroatoms. The average molecular weight is 222 g/mol. The number of pyridine rings is 1. The van der Waals surface area contributed by atoms with Crippen molar-refractivity contribution in [1.82, 2.24) is 10.3 Å². The van der Waals surface area contributed by atoms with Gasteiger partial charge in [-0.3, -0.25) is 4.98 Å². The second-order valence-corrected chi connectivity index (χ2v) is 4.99. The molecule has 0 amide bonds. The predicted molar refractivity (Wildman–Crippen MR) is 66.3 cm³/mol. The van der Waals surface area contributed by atoms with E-state index in [1.807, 2.05) is 26.0 Å². The zero-order valence-corrected chi connectivity index (χ0v) is 10.6. The van der Waals surface area contributed by atoms with Crippen LogP contribution in [0.4, 0.5) is 0 Å². The SMILES string of the molecule is Cc1ccc(C(C)(O)CNCC(C)C)cn1. The number of nitrogens with one attached hydrogen (secondary N) is 1. The largest absolute Gasteiger partial charge is 0.384 e. The quantitative estimate of drug-likeness (QED) is 0.799. The average Bonchev–Trinajstić information content (AvgIpc) is 2.17. The summed E-state index contributed by atoms with van der Waals surface area (Å²) in [7, 11) is 0. The lowest BCUT2D eigenvalue weighted by Gasteiger charge is -2.24. The van der Waals surface area contributed by atoms with Gasteiger partial charge < -0.3 is 10.4 Å². The Morgan fingerprint density at radius 2 is 2.12 bits per heavy atom. The highest BCUT2D eigenvalue weighted by Crippen LogP contribution is 2.18. The molecule has 0 aliphatic rings. The molecule has 0 radical (unpaired) electrons. The molecular weight excluding hydrogens is 200 g/mol. The van der Waals surface area contributed by atoms with E-state index < -0.39 is 5.60 Å². The Labute approximate surface area is 97.9 Å². The second kappa shape index (κ2) is 5.41. The Morgan fingerprint density at radius 1 is 1.44 bits per heavy atom. The fraction of sp³-hybridized carbons (Fsp3) is 0.615. The van der Waals surface area contributed by atoms with Gasteiger partial charge in [0.05, 0.1) is 0 Å². The van der Waals surface area contributed by atoms with Gasteiger partial charge in [-0.15, -0.1) is 0 Å². The van der Waals surface area contributed by atoms with Crippen LogP contribution < -0.4 is 5.32 Å². The summed E-state index contributed by atoms with van der Waals surface area (Å²) in [4.78, 5) is 4.20. The van der Waals surface area contributed by atoms with Crippen LogP contribution >= 0.6 is 0 Å². The number of nitrogens with zero attached hydrogens (tertiary/aromatic N) is 1. The lowest BCUT2D eigenvalue weighted by atomic mass is 9.97. The van der Waals surface area contributed by atoms with Gasteiger partial charge in [-0.1, -0.05) is 19.9 Å². The highest BCUT2D eigenvalue weighted by atomic mass is 16.3. The lowest BCUT2D eigenvalue weighted by molar-refractivity contribution is 0.0560. The molecule has 0 aliphatic carbocycles. The van der Waals surface area contributed by atoms with E-state index in [1.165, 1.54) is 0 Å². The van der Waals surface area contributed by atoms with Gasteiger partial charge in [0, 0.05) is 24.0 Å². The van der Waals surface area contributed by atoms with Gasteiger partial charge >= 0.3 is 0 Å². The summed E-state index contributed by atoms with van der Waals surface area (Å²) >= 11 is 0. The lowest BCUT2D eigenvalue weighted by Crippen LogP contribution is -2.37. The van der Waals surface area contributed by atoms with Gasteiger partial charge in [-0.25, -0.2) is 0 Å². The van der Waals surface area contributed by atoms with Crippen molar-refractivity contribution >= 4 is 0 Å². The Bertz CT molecular complexity index is 317. The summed E-state index contributed by atoms with van der Waals surface area (Å²) in [6.45, 7) is 9.51. The van der Waals surface area contributed by atoms with Gasteiger partial charge in [0.1, 0.15) is 5.60 Å². The van der Waals surface area contributed by atoms with Crippen LogP contribution in [0.2, 0.25) is 0 Å². The standard InChI is InChI=1S/C13H22N2O/c1-10(2)7-14-9-13(4,16)12-6-5-11(3)15-8-12/h5-6,8,10,14,16H,7,9H2,1-4H3. The number of hydrogen-bond donors (Lipinski definition) is 2. The maximum absolute atomic E-state index is 10.3. The van der Waals surface area contributed by atoms with E-state index in [9.17, 15) is 5.11 Å². The van der Waals surface area contributed by atoms with Crippen molar-refractivity contribution in [3.8, 4) is 0 Å². The smallest absolute Gasteiger partial charge is 0.101 e. The van der Waals surface area contributed by atoms with E-state index >= 15 is 0 Å². The summed E-state index contributed by atoms with van der Waals surface area (Å²) in [5, 5.41) is 13.5. The predicted octanol–water partition coefficient (Wildman–Crippen LogP) is 1.84. The van der Waals surface area contributed by atoms with Crippen LogP contribution in [-0.2, 0) is 5.60 Å². The molecule has 0 spiro atoms. The van der Waals surface area contributed by atoms with Gasteiger partial charge in [-0.2, -0.15) is 0 Å². The summed E-state index contributed by atoms with van der Waals surface area (Å²) in [6, 6.07) is 3.85. The molecule has 0 saturated carbocycles. The molecule has 2 N–H and O–H groups in total. The molecule has 0 aromatic carbocycles. The Balaban J connectivity index is 2.59. The summed E-state index contributed by atoms with van der Waals surface area (Å²) in [5.41, 5.74) is 0.972. The van der Waals surface area contributed by atoms with Crippen molar-refractivity contribution in [2.45, 2.75) is 33.3 Å². The van der Waals surface area contributed by atoms with Gasteiger partial charge in [0.2, 0.25) is 0 Å². The molecule has 0 aliphatic heterocycles. The highest BCUT2D eigenvalue weighted by molar-refractivity contribution is 5.20. The highest BCUT2D eigenvalue weighted by Gasteiger charge is 2.22. The fourth-order valence-corrected chi connectivity index (χ4v) is 1.49. The monoisotopic (exact) mass is 222 g/mol. The molecule has 1 heterocycles. The molecule has 3 nitrogen and oxygen atoms in total. The van der Waals surface area contributed by atoms with Crippen molar-refractivity contribution in [1.29, 1.82) is 0 Å². The number of hydrogen-bond acceptors (Lipinski definition) is 3. The van der Waals surface area contributed by atoms with Crippen molar-refractivity contribution in [3.63, 3.8) is 0 Å². The van der Waals surface area contributed by atoms with Gasteiger partial charge in [0.15, 0.2) is 0 Å². The molecule has 1 unspecified atom stereocenters. The molecule has 1 aromatic rings. The molecule has 0 fully saturated rings. The zero-order chi connectivity index (χ0) is 12.2. The first-order valence-corrected chi connectivity index (χ1v) is 5.78. The molecule has 16 heavy (non-hydrogen) atoms. The second-order valence-electron chi connectivity index (χ2n) is 4.99. The number of aryl methyl sites for hydroxylation is 1. The minimum absolute atomic E-state index is 0.552. The molecule has 1 atom stereocenters. The maximum atomic E-state index is 10.3. The third-order valence-corrected chi connectivity index (χ3v) is 2.56. The molecule has 0 bridgehead atoms. The molecule has 1 rings (SSSR count). The van der Waals surface area contributed by atoms with Crippen LogP contribution in [-0.4, -0.2) is 23.2 Å². The fourth-order valence-electron chi connectivity index (χ4n) is 1.49. The molecule has 0 saturated heterocycles. The topological polar surface area (TPSA) is 45.1 Å². The summed E-state index contributed by atoms with van der Waals surface area (Å²) in [5.74, 6) is 0.590. The molecule has 90 valence electrons. The Kier molecular flexibility index (Phi) is 4.44. The number of aromatic nitrogens is 1. The number of aliphatic hydroxyl groups is 1. The Hall–Kier alpha value is -0.930. The molecule has 1 aromatic heterocycles. The first-order chi connectivity index (χ1) is 7.42. The van der Waals surface area contributed by atoms with Crippen LogP contribution in [0.15, 0.2) is 18.3 Å². The maximum Gasteiger partial charge on any atom is 0.101 e. The third-order valence-electron chi connectivity index (χ3n) is 2.56. The van der Waals surface area contributed by atoms with E-state index in [0.29, 0.717) is 12.5 Å². The van der Waals surface area contributed by atoms with Crippen molar-refractivity contribution in [2.24, 2.45) is 5.92 Å². The van der Waals surface area contributed by atoms with Crippen LogP contribution in [0, 0.1) is 12.8 Å². The third kappa shape index (κ3) is 3.91. The first-order valence-electron chi connectivity index (χ1n) is 5.78. The minimum Gasteiger partial charge on any atom is -0.384 e. The van der Waals surface area contributed by atoms with Crippen LogP contribution in [0.3, 0.4) is 0 Å². The molecular formula is C13H22N2O. The van der Waals surface area contributed by atoms with Crippen LogP contribution in [0.5, 0.6) is 0 Å². The van der Waals surface area contributed by atoms with Gasteiger partial charge in [0.25, 0.3) is 0 Å². The Morgan fingerprint density at radius 3 is 2.62 bits per heavy atom. The number of rotatable bonds is 5. The zero-order valence-electron chi connectivity index (χ0n) is 10.6. The normalized spacial score (nSPS) is 15.1. The van der Waals surface area contributed by atoms with Crippen molar-refractivity contribution < 1.29 is 5.11 Å². The van der Waals surface area contributed by atoms with E-state index in [0.717, 1.165) is 17.8 Å². The van der Waals surface area contributed by atoms with Crippen molar-refractivity contribution in [3.05, 3.63) is 29.6 Å². The van der Waals surface area contributed by atoms with Crippen LogP contribution in [0.25, 0.3) is 0 Å². The van der Waals surface area contributed by atoms with Crippen molar-refractivity contribution in [2.75, 3.05) is 13.1 Å². The van der Waals surface area contributed by atoms with E-state index in [1.54, 1.807) is 6.20 Å². The van der Waals surface area contributed by atoms with E-state index in [-0.39, 0.29) is 0 Å².